The number of rotatable bonds is 9. The van der Waals surface area contributed by atoms with E-state index in [4.69, 9.17) is 47.7 Å². The van der Waals surface area contributed by atoms with Crippen LogP contribution in [0.5, 0.6) is 11.6 Å². The molecule has 0 amide bonds. The van der Waals surface area contributed by atoms with Gasteiger partial charge in [0, 0.05) is 23.7 Å². The standard InChI is InChI=1S/C22H22Cl2N2O3.C2H2O4/c23-17-4-1-3-16(12-17)20(28)13-25-18(14-27)11-15-7-9-19(10-8-15)29-22-6-2-5-21(24)26-22;3-1(4)2(5)6/h1-10,12,18,20,25,27-28H,11,13-14H2;(H,3,4)(H,5,6). The molecule has 2 aromatic carbocycles. The summed E-state index contributed by atoms with van der Waals surface area (Å²) in [5, 5.41) is 38.9. The first-order chi connectivity index (χ1) is 16.7. The van der Waals surface area contributed by atoms with Crippen LogP contribution in [-0.4, -0.2) is 56.5 Å². The Hall–Kier alpha value is -3.21. The van der Waals surface area contributed by atoms with Gasteiger partial charge in [0.05, 0.1) is 12.7 Å². The Labute approximate surface area is 211 Å². The number of aliphatic carboxylic acids is 2. The lowest BCUT2D eigenvalue weighted by molar-refractivity contribution is -0.159. The van der Waals surface area contributed by atoms with Gasteiger partial charge < -0.3 is 30.5 Å². The van der Waals surface area contributed by atoms with Gasteiger partial charge in [-0.2, -0.15) is 0 Å². The maximum Gasteiger partial charge on any atom is 0.414 e. The number of halogens is 2. The highest BCUT2D eigenvalue weighted by atomic mass is 35.5. The van der Waals surface area contributed by atoms with Crippen LogP contribution in [0.15, 0.2) is 66.7 Å². The Morgan fingerprint density at radius 3 is 2.20 bits per heavy atom. The first-order valence-electron chi connectivity index (χ1n) is 10.3. The van der Waals surface area contributed by atoms with Crippen LogP contribution in [0.25, 0.3) is 0 Å². The second-order valence-corrected chi connectivity index (χ2v) is 8.04. The minimum Gasteiger partial charge on any atom is -0.473 e. The van der Waals surface area contributed by atoms with Crippen molar-refractivity contribution in [3.05, 3.63) is 88.0 Å². The van der Waals surface area contributed by atoms with E-state index < -0.39 is 18.0 Å². The van der Waals surface area contributed by atoms with Crippen molar-refractivity contribution >= 4 is 35.1 Å². The summed E-state index contributed by atoms with van der Waals surface area (Å²) >= 11 is 11.8. The maximum absolute atomic E-state index is 10.3. The van der Waals surface area contributed by atoms with E-state index in [2.05, 4.69) is 10.3 Å². The molecule has 1 heterocycles. The molecule has 0 aliphatic carbocycles. The number of carbonyl (C=O) groups is 2. The minimum atomic E-state index is -1.82. The summed E-state index contributed by atoms with van der Waals surface area (Å²) in [5.74, 6) is -2.58. The largest absolute Gasteiger partial charge is 0.473 e. The number of aliphatic hydroxyl groups excluding tert-OH is 2. The third-order valence-corrected chi connectivity index (χ3v) is 5.00. The average Bonchev–Trinajstić information content (AvgIpc) is 2.83. The molecule has 0 aliphatic heterocycles. The van der Waals surface area contributed by atoms with Crippen LogP contribution in [0.1, 0.15) is 17.2 Å². The molecule has 11 heteroatoms. The van der Waals surface area contributed by atoms with E-state index in [9.17, 15) is 10.2 Å². The number of hydrogen-bond donors (Lipinski definition) is 5. The van der Waals surface area contributed by atoms with Gasteiger partial charge in [-0.1, -0.05) is 53.5 Å². The van der Waals surface area contributed by atoms with Gasteiger partial charge in [0.15, 0.2) is 0 Å². The summed E-state index contributed by atoms with van der Waals surface area (Å²) in [6.45, 7) is 0.264. The van der Waals surface area contributed by atoms with E-state index in [0.29, 0.717) is 34.8 Å². The number of pyridine rings is 1. The minimum absolute atomic E-state index is 0.0487. The Morgan fingerprint density at radius 2 is 1.63 bits per heavy atom. The molecule has 0 bridgehead atoms. The average molecular weight is 523 g/mol. The first kappa shape index (κ1) is 28.0. The fourth-order valence-electron chi connectivity index (χ4n) is 2.86. The molecule has 0 aliphatic rings. The lowest BCUT2D eigenvalue weighted by Gasteiger charge is -2.19. The third-order valence-electron chi connectivity index (χ3n) is 4.55. The van der Waals surface area contributed by atoms with Crippen LogP contribution in [0, 0.1) is 0 Å². The second-order valence-electron chi connectivity index (χ2n) is 7.22. The van der Waals surface area contributed by atoms with Crippen molar-refractivity contribution < 1.29 is 34.8 Å². The summed E-state index contributed by atoms with van der Waals surface area (Å²) < 4.78 is 5.68. The Morgan fingerprint density at radius 1 is 0.971 bits per heavy atom. The molecule has 0 saturated heterocycles. The highest BCUT2D eigenvalue weighted by Crippen LogP contribution is 2.22. The Bertz CT molecular complexity index is 1100. The topological polar surface area (TPSA) is 149 Å². The summed E-state index contributed by atoms with van der Waals surface area (Å²) in [5.41, 5.74) is 1.76. The number of ether oxygens (including phenoxy) is 1. The van der Waals surface area contributed by atoms with Crippen LogP contribution in [0.3, 0.4) is 0 Å². The lowest BCUT2D eigenvalue weighted by atomic mass is 10.1. The second kappa shape index (κ2) is 14.2. The van der Waals surface area contributed by atoms with Crippen molar-refractivity contribution in [3.8, 4) is 11.6 Å². The van der Waals surface area contributed by atoms with E-state index in [1.54, 1.807) is 36.4 Å². The smallest absolute Gasteiger partial charge is 0.414 e. The Kier molecular flexibility index (Phi) is 11.4. The molecule has 3 rings (SSSR count). The molecule has 0 spiro atoms. The van der Waals surface area contributed by atoms with Crippen molar-refractivity contribution in [2.75, 3.05) is 13.2 Å². The van der Waals surface area contributed by atoms with E-state index in [1.807, 2.05) is 30.3 Å². The van der Waals surface area contributed by atoms with Gasteiger partial charge in [0.2, 0.25) is 5.88 Å². The monoisotopic (exact) mass is 522 g/mol. The molecule has 35 heavy (non-hydrogen) atoms. The summed E-state index contributed by atoms with van der Waals surface area (Å²) in [7, 11) is 0. The molecule has 186 valence electrons. The molecular formula is C24H24Cl2N2O7. The highest BCUT2D eigenvalue weighted by Gasteiger charge is 2.13. The SMILES string of the molecule is O=C(O)C(=O)O.OCC(Cc1ccc(Oc2cccc(Cl)n2)cc1)NCC(O)c1cccc(Cl)c1. The number of hydrogen-bond acceptors (Lipinski definition) is 7. The molecule has 0 fully saturated rings. The molecule has 5 N–H and O–H groups in total. The zero-order chi connectivity index (χ0) is 25.8. The molecule has 0 saturated carbocycles. The number of nitrogens with zero attached hydrogens (tertiary/aromatic N) is 1. The van der Waals surface area contributed by atoms with Crippen molar-refractivity contribution in [2.45, 2.75) is 18.6 Å². The summed E-state index contributed by atoms with van der Waals surface area (Å²) in [6, 6.07) is 19.6. The number of carboxylic acid groups (broad SMARTS) is 2. The van der Waals surface area contributed by atoms with Crippen molar-refractivity contribution in [3.63, 3.8) is 0 Å². The van der Waals surface area contributed by atoms with Crippen LogP contribution < -0.4 is 10.1 Å². The number of aliphatic hydroxyl groups is 2. The van der Waals surface area contributed by atoms with Crippen LogP contribution in [-0.2, 0) is 16.0 Å². The molecule has 2 unspecified atom stereocenters. The van der Waals surface area contributed by atoms with Gasteiger partial charge >= 0.3 is 11.9 Å². The van der Waals surface area contributed by atoms with E-state index >= 15 is 0 Å². The maximum atomic E-state index is 10.3. The lowest BCUT2D eigenvalue weighted by Crippen LogP contribution is -2.37. The summed E-state index contributed by atoms with van der Waals surface area (Å²) in [6.07, 6.45) is -0.0993. The third kappa shape index (κ3) is 10.3. The van der Waals surface area contributed by atoms with E-state index in [-0.39, 0.29) is 12.6 Å². The van der Waals surface area contributed by atoms with E-state index in [0.717, 1.165) is 11.1 Å². The molecule has 1 aromatic heterocycles. The van der Waals surface area contributed by atoms with Gasteiger partial charge in [-0.25, -0.2) is 14.6 Å². The van der Waals surface area contributed by atoms with Gasteiger partial charge in [-0.15, -0.1) is 0 Å². The van der Waals surface area contributed by atoms with Crippen molar-refractivity contribution in [1.29, 1.82) is 0 Å². The predicted molar refractivity (Wildman–Crippen MR) is 130 cm³/mol. The normalized spacial score (nSPS) is 12.1. The Balaban J connectivity index is 0.000000641. The van der Waals surface area contributed by atoms with Gasteiger partial charge in [0.25, 0.3) is 0 Å². The van der Waals surface area contributed by atoms with Crippen LogP contribution in [0.4, 0.5) is 0 Å². The molecule has 0 radical (unpaired) electrons. The van der Waals surface area contributed by atoms with Gasteiger partial charge in [-0.3, -0.25) is 0 Å². The first-order valence-corrected chi connectivity index (χ1v) is 11.1. The molecular weight excluding hydrogens is 499 g/mol. The molecule has 2 atom stereocenters. The molecule has 3 aromatic rings. The number of nitrogens with one attached hydrogen (secondary N) is 1. The van der Waals surface area contributed by atoms with E-state index in [1.165, 1.54) is 0 Å². The number of benzene rings is 2. The number of aromatic nitrogens is 1. The van der Waals surface area contributed by atoms with Crippen molar-refractivity contribution in [1.82, 2.24) is 10.3 Å². The van der Waals surface area contributed by atoms with Gasteiger partial charge in [-0.05, 0) is 47.9 Å². The zero-order valence-electron chi connectivity index (χ0n) is 18.3. The summed E-state index contributed by atoms with van der Waals surface area (Å²) in [4.78, 5) is 22.3. The van der Waals surface area contributed by atoms with Crippen LogP contribution >= 0.6 is 23.2 Å². The fourth-order valence-corrected chi connectivity index (χ4v) is 3.21. The molecule has 9 nitrogen and oxygen atoms in total. The zero-order valence-corrected chi connectivity index (χ0v) is 19.9. The predicted octanol–water partition coefficient (Wildman–Crippen LogP) is 3.56. The highest BCUT2D eigenvalue weighted by molar-refractivity contribution is 6.30. The van der Waals surface area contributed by atoms with Crippen molar-refractivity contribution in [2.24, 2.45) is 0 Å². The van der Waals surface area contributed by atoms with Crippen LogP contribution in [0.2, 0.25) is 10.2 Å². The number of carboxylic acids is 2. The fraction of sp³-hybridized carbons (Fsp3) is 0.208. The quantitative estimate of drug-likeness (QED) is 0.210. The van der Waals surface area contributed by atoms with Gasteiger partial charge in [0.1, 0.15) is 10.9 Å².